The fourth-order valence-electron chi connectivity index (χ4n) is 4.32. The number of rotatable bonds is 10. The first-order valence-corrected chi connectivity index (χ1v) is 12.1. The monoisotopic (exact) mass is 348 g/mol. The lowest BCUT2D eigenvalue weighted by Crippen LogP contribution is -2.41. The van der Waals surface area contributed by atoms with E-state index in [1.165, 1.54) is 23.7 Å². The normalized spacial score (nSPS) is 24.2. The number of aldehydes is 1. The maximum Gasteiger partial charge on any atom is 0.122 e. The summed E-state index contributed by atoms with van der Waals surface area (Å²) in [5.74, 6) is 0. The lowest BCUT2D eigenvalue weighted by Gasteiger charge is -2.37. The van der Waals surface area contributed by atoms with E-state index >= 15 is 0 Å². The molecule has 0 spiro atoms. The van der Waals surface area contributed by atoms with Gasteiger partial charge in [0.25, 0.3) is 0 Å². The Hall–Kier alpha value is -0.973. The van der Waals surface area contributed by atoms with Gasteiger partial charge in [0.2, 0.25) is 0 Å². The molecule has 0 saturated carbocycles. The van der Waals surface area contributed by atoms with Crippen LogP contribution in [0.5, 0.6) is 0 Å². The quantitative estimate of drug-likeness (QED) is 0.449. The summed E-state index contributed by atoms with van der Waals surface area (Å²) in [4.78, 5) is 11.1. The third-order valence-corrected chi connectivity index (χ3v) is 12.4. The Morgan fingerprint density at radius 2 is 1.83 bits per heavy atom. The van der Waals surface area contributed by atoms with Gasteiger partial charge in [-0.2, -0.15) is 0 Å². The Kier molecular flexibility index (Phi) is 7.66. The zero-order valence-corrected chi connectivity index (χ0v) is 16.4. The van der Waals surface area contributed by atoms with Crippen molar-refractivity contribution in [1.29, 1.82) is 0 Å². The molecule has 3 nitrogen and oxygen atoms in total. The van der Waals surface area contributed by atoms with Crippen LogP contribution in [0.2, 0.25) is 23.7 Å². The summed E-state index contributed by atoms with van der Waals surface area (Å²) >= 11 is 0. The van der Waals surface area contributed by atoms with Gasteiger partial charge in [-0.1, -0.05) is 69.2 Å². The summed E-state index contributed by atoms with van der Waals surface area (Å²) in [6.07, 6.45) is 2.88. The van der Waals surface area contributed by atoms with Crippen molar-refractivity contribution in [2.24, 2.45) is 0 Å². The molecule has 0 aromatic heterocycles. The Morgan fingerprint density at radius 1 is 1.17 bits per heavy atom. The molecule has 0 radical (unpaired) electrons. The maximum absolute atomic E-state index is 11.1. The molecule has 1 fully saturated rings. The van der Waals surface area contributed by atoms with Gasteiger partial charge in [0.1, 0.15) is 6.29 Å². The van der Waals surface area contributed by atoms with Crippen LogP contribution in [0.4, 0.5) is 0 Å². The van der Waals surface area contributed by atoms with Gasteiger partial charge in [-0.05, 0) is 17.5 Å². The highest BCUT2D eigenvalue weighted by Gasteiger charge is 2.47. The van der Waals surface area contributed by atoms with Gasteiger partial charge in [0, 0.05) is 6.42 Å². The fraction of sp³-hybridized carbons (Fsp3) is 0.650. The third kappa shape index (κ3) is 4.56. The van der Waals surface area contributed by atoms with Crippen molar-refractivity contribution in [3.63, 3.8) is 0 Å². The molecule has 3 atom stereocenters. The number of benzene rings is 1. The molecule has 134 valence electrons. The van der Waals surface area contributed by atoms with Crippen molar-refractivity contribution < 1.29 is 14.3 Å². The molecule has 2 rings (SSSR count). The summed E-state index contributed by atoms with van der Waals surface area (Å²) in [7, 11) is -1.37. The minimum atomic E-state index is -1.37. The number of carbonyl (C=O) groups is 1. The first-order valence-electron chi connectivity index (χ1n) is 9.39. The number of hydrogen-bond donors (Lipinski definition) is 0. The Labute approximate surface area is 147 Å². The third-order valence-electron chi connectivity index (χ3n) is 5.98. The van der Waals surface area contributed by atoms with E-state index in [9.17, 15) is 4.79 Å². The maximum atomic E-state index is 11.1. The van der Waals surface area contributed by atoms with E-state index in [-0.39, 0.29) is 12.2 Å². The Morgan fingerprint density at radius 3 is 2.42 bits per heavy atom. The first-order chi connectivity index (χ1) is 11.7. The van der Waals surface area contributed by atoms with Gasteiger partial charge in [0.15, 0.2) is 0 Å². The lowest BCUT2D eigenvalue weighted by atomic mass is 10.1. The number of carbonyl (C=O) groups excluding carboxylic acids is 1. The van der Waals surface area contributed by atoms with Crippen LogP contribution in [0.1, 0.15) is 39.2 Å². The smallest absolute Gasteiger partial charge is 0.122 e. The molecule has 1 heterocycles. The van der Waals surface area contributed by atoms with Crippen LogP contribution in [0.25, 0.3) is 0 Å². The summed E-state index contributed by atoms with van der Waals surface area (Å²) in [6, 6.07) is 14.1. The molecule has 4 heteroatoms. The van der Waals surface area contributed by atoms with E-state index in [2.05, 4.69) is 32.9 Å². The molecule has 0 amide bonds. The van der Waals surface area contributed by atoms with Crippen LogP contribution in [0.3, 0.4) is 0 Å². The van der Waals surface area contributed by atoms with Gasteiger partial charge in [-0.3, -0.25) is 0 Å². The second kappa shape index (κ2) is 9.49. The van der Waals surface area contributed by atoms with Gasteiger partial charge in [0.05, 0.1) is 33.5 Å². The van der Waals surface area contributed by atoms with E-state index in [0.717, 1.165) is 12.7 Å². The minimum Gasteiger partial charge on any atom is -0.374 e. The van der Waals surface area contributed by atoms with E-state index in [1.54, 1.807) is 0 Å². The SMILES string of the molecule is CC[Si](CC)(CC)[C@H]1C[C@H](COCc2ccccc2)O[C@H]1CC=O. The Bertz CT molecular complexity index is 479. The van der Waals surface area contributed by atoms with Crippen molar-refractivity contribution in [2.45, 2.75) is 76.1 Å². The van der Waals surface area contributed by atoms with Gasteiger partial charge < -0.3 is 14.3 Å². The Balaban J connectivity index is 1.94. The summed E-state index contributed by atoms with van der Waals surface area (Å²) in [5, 5.41) is 0. The predicted molar refractivity (Wildman–Crippen MR) is 101 cm³/mol. The first kappa shape index (κ1) is 19.4. The van der Waals surface area contributed by atoms with Gasteiger partial charge >= 0.3 is 0 Å². The minimum absolute atomic E-state index is 0.111. The molecule has 0 N–H and O–H groups in total. The van der Waals surface area contributed by atoms with Crippen LogP contribution in [0, 0.1) is 0 Å². The van der Waals surface area contributed by atoms with Gasteiger partial charge in [-0.15, -0.1) is 0 Å². The van der Waals surface area contributed by atoms with Crippen LogP contribution in [-0.2, 0) is 20.9 Å². The second-order valence-corrected chi connectivity index (χ2v) is 12.6. The lowest BCUT2D eigenvalue weighted by molar-refractivity contribution is -0.110. The molecule has 1 aliphatic heterocycles. The largest absolute Gasteiger partial charge is 0.374 e. The topological polar surface area (TPSA) is 35.5 Å². The zero-order chi connectivity index (χ0) is 17.4. The standard InChI is InChI=1S/C20H32O3Si/c1-4-24(5-2,6-3)20-14-18(23-19(20)12-13-21)16-22-15-17-10-8-7-9-11-17/h7-11,13,18-20H,4-6,12,14-16H2,1-3H3/t18-,19+,20+/m1/s1. The molecule has 0 unspecified atom stereocenters. The number of hydrogen-bond acceptors (Lipinski definition) is 3. The molecular weight excluding hydrogens is 316 g/mol. The number of ether oxygens (including phenoxy) is 2. The highest BCUT2D eigenvalue weighted by molar-refractivity contribution is 6.81. The molecule has 1 aromatic rings. The molecule has 1 aliphatic rings. The highest BCUT2D eigenvalue weighted by Crippen LogP contribution is 2.45. The van der Waals surface area contributed by atoms with Crippen LogP contribution in [-0.4, -0.2) is 33.2 Å². The summed E-state index contributed by atoms with van der Waals surface area (Å²) < 4.78 is 12.1. The van der Waals surface area contributed by atoms with Crippen LogP contribution >= 0.6 is 0 Å². The fourth-order valence-corrected chi connectivity index (χ4v) is 9.16. The average molecular weight is 349 g/mol. The second-order valence-electron chi connectivity index (χ2n) is 6.96. The average Bonchev–Trinajstić information content (AvgIpc) is 3.02. The van der Waals surface area contributed by atoms with Crippen LogP contribution < -0.4 is 0 Å². The van der Waals surface area contributed by atoms with Crippen molar-refractivity contribution in [3.8, 4) is 0 Å². The molecule has 24 heavy (non-hydrogen) atoms. The van der Waals surface area contributed by atoms with E-state index in [1.807, 2.05) is 18.2 Å². The highest BCUT2D eigenvalue weighted by atomic mass is 28.3. The molecule has 0 aliphatic carbocycles. The van der Waals surface area contributed by atoms with E-state index < -0.39 is 8.07 Å². The summed E-state index contributed by atoms with van der Waals surface area (Å²) in [6.45, 7) is 8.24. The van der Waals surface area contributed by atoms with Crippen molar-refractivity contribution in [2.75, 3.05) is 6.61 Å². The van der Waals surface area contributed by atoms with Gasteiger partial charge in [-0.25, -0.2) is 0 Å². The van der Waals surface area contributed by atoms with Crippen molar-refractivity contribution >= 4 is 14.4 Å². The molecule has 0 bridgehead atoms. The van der Waals surface area contributed by atoms with E-state index in [0.29, 0.717) is 25.2 Å². The molecular formula is C20H32O3Si. The molecule has 1 aromatic carbocycles. The van der Waals surface area contributed by atoms with Crippen molar-refractivity contribution in [3.05, 3.63) is 35.9 Å². The van der Waals surface area contributed by atoms with Crippen LogP contribution in [0.15, 0.2) is 30.3 Å². The van der Waals surface area contributed by atoms with E-state index in [4.69, 9.17) is 9.47 Å². The molecule has 1 saturated heterocycles. The zero-order valence-electron chi connectivity index (χ0n) is 15.4. The van der Waals surface area contributed by atoms with Crippen molar-refractivity contribution in [1.82, 2.24) is 0 Å². The summed E-state index contributed by atoms with van der Waals surface area (Å²) in [5.41, 5.74) is 1.78. The predicted octanol–water partition coefficient (Wildman–Crippen LogP) is 4.83.